The fourth-order valence-corrected chi connectivity index (χ4v) is 2.58. The van der Waals surface area contributed by atoms with Crippen LogP contribution in [-0.2, 0) is 11.8 Å². The van der Waals surface area contributed by atoms with Crippen LogP contribution in [0.25, 0.3) is 12.2 Å². The Morgan fingerprint density at radius 1 is 0.773 bits per heavy atom. The van der Waals surface area contributed by atoms with Crippen molar-refractivity contribution in [2.75, 3.05) is 14.2 Å². The van der Waals surface area contributed by atoms with Gasteiger partial charge in [0, 0.05) is 11.1 Å². The fourth-order valence-electron chi connectivity index (χ4n) is 2.14. The van der Waals surface area contributed by atoms with Gasteiger partial charge in [-0.3, -0.25) is 0 Å². The first-order chi connectivity index (χ1) is 10.7. The summed E-state index contributed by atoms with van der Waals surface area (Å²) in [5, 5.41) is 0. The molecule has 0 aliphatic rings. The Bertz CT molecular complexity index is 609. The molecule has 4 heteroatoms. The van der Waals surface area contributed by atoms with Gasteiger partial charge < -0.3 is 9.47 Å². The molecule has 2 aromatic carbocycles. The maximum atomic E-state index is 5.88. The van der Waals surface area contributed by atoms with Gasteiger partial charge in [0.05, 0.1) is 26.0 Å². The maximum absolute atomic E-state index is 5.88. The predicted molar refractivity (Wildman–Crippen MR) is 94.0 cm³/mol. The molecule has 0 N–H and O–H groups in total. The highest BCUT2D eigenvalue weighted by molar-refractivity contribution is 6.17. The molecule has 0 atom stereocenters. The van der Waals surface area contributed by atoms with E-state index in [1.54, 1.807) is 14.2 Å². The number of hydrogen-bond acceptors (Lipinski definition) is 2. The van der Waals surface area contributed by atoms with E-state index < -0.39 is 0 Å². The van der Waals surface area contributed by atoms with Crippen LogP contribution in [0.15, 0.2) is 36.4 Å². The van der Waals surface area contributed by atoms with E-state index in [-0.39, 0.29) is 0 Å². The van der Waals surface area contributed by atoms with Crippen LogP contribution in [0.3, 0.4) is 0 Å². The summed E-state index contributed by atoms with van der Waals surface area (Å²) in [6, 6.07) is 11.9. The molecule has 0 bridgehead atoms. The molecule has 0 spiro atoms. The molecule has 0 amide bonds. The van der Waals surface area contributed by atoms with Crippen molar-refractivity contribution in [1.29, 1.82) is 0 Å². The number of alkyl halides is 2. The molecular formula is C18H18Cl2O2. The fraction of sp³-hybridized carbons (Fsp3) is 0.222. The van der Waals surface area contributed by atoms with Gasteiger partial charge in [-0.1, -0.05) is 36.4 Å². The molecule has 116 valence electrons. The summed E-state index contributed by atoms with van der Waals surface area (Å²) < 4.78 is 10.7. The van der Waals surface area contributed by atoms with E-state index in [2.05, 4.69) is 0 Å². The zero-order valence-electron chi connectivity index (χ0n) is 12.6. The molecule has 22 heavy (non-hydrogen) atoms. The smallest absolute Gasteiger partial charge is 0.123 e. The zero-order chi connectivity index (χ0) is 15.9. The molecule has 2 nitrogen and oxygen atoms in total. The van der Waals surface area contributed by atoms with Crippen LogP contribution < -0.4 is 9.47 Å². The minimum Gasteiger partial charge on any atom is -0.496 e. The highest BCUT2D eigenvalue weighted by atomic mass is 35.5. The Balaban J connectivity index is 2.25. The van der Waals surface area contributed by atoms with Crippen molar-refractivity contribution in [2.45, 2.75) is 11.8 Å². The summed E-state index contributed by atoms with van der Waals surface area (Å²) in [5.41, 5.74) is 4.06. The second-order valence-corrected chi connectivity index (χ2v) is 5.28. The normalized spacial score (nSPS) is 10.9. The molecule has 0 saturated carbocycles. The number of methoxy groups -OCH3 is 2. The second kappa shape index (κ2) is 8.11. The number of halogens is 2. The van der Waals surface area contributed by atoms with Crippen LogP contribution >= 0.6 is 23.2 Å². The minimum absolute atomic E-state index is 0.435. The minimum atomic E-state index is 0.435. The Hall–Kier alpha value is -1.64. The second-order valence-electron chi connectivity index (χ2n) is 4.74. The van der Waals surface area contributed by atoms with E-state index in [1.807, 2.05) is 48.6 Å². The summed E-state index contributed by atoms with van der Waals surface area (Å²) in [6.07, 6.45) is 4.05. The van der Waals surface area contributed by atoms with Crippen molar-refractivity contribution in [3.05, 3.63) is 58.7 Å². The average Bonchev–Trinajstić information content (AvgIpc) is 2.59. The van der Waals surface area contributed by atoms with Crippen molar-refractivity contribution in [2.24, 2.45) is 0 Å². The number of ether oxygens (including phenoxy) is 2. The number of benzene rings is 2. The first-order valence-electron chi connectivity index (χ1n) is 6.85. The average molecular weight is 337 g/mol. The SMILES string of the molecule is COc1cc(C=Cc2ccc(CCl)c(OC)c2)ccc1CCl. The zero-order valence-corrected chi connectivity index (χ0v) is 14.1. The Morgan fingerprint density at radius 2 is 1.18 bits per heavy atom. The molecule has 0 aromatic heterocycles. The third-order valence-corrected chi connectivity index (χ3v) is 3.95. The largest absolute Gasteiger partial charge is 0.496 e. The van der Waals surface area contributed by atoms with Gasteiger partial charge in [-0.2, -0.15) is 0 Å². The standard InChI is InChI=1S/C18H18Cl2O2/c1-21-17-9-13(5-7-15(17)11-19)3-4-14-6-8-16(12-20)18(10-14)22-2/h3-10H,11-12H2,1-2H3. The predicted octanol–water partition coefficient (Wildman–Crippen LogP) is 5.35. The van der Waals surface area contributed by atoms with Gasteiger partial charge in [0.25, 0.3) is 0 Å². The van der Waals surface area contributed by atoms with Crippen LogP contribution in [0, 0.1) is 0 Å². The molecule has 0 radical (unpaired) electrons. The van der Waals surface area contributed by atoms with Crippen molar-refractivity contribution in [3.8, 4) is 11.5 Å². The van der Waals surface area contributed by atoms with Gasteiger partial charge in [0.2, 0.25) is 0 Å². The lowest BCUT2D eigenvalue weighted by Crippen LogP contribution is -1.90. The van der Waals surface area contributed by atoms with Crippen LogP contribution in [0.1, 0.15) is 22.3 Å². The van der Waals surface area contributed by atoms with Crippen LogP contribution in [-0.4, -0.2) is 14.2 Å². The topological polar surface area (TPSA) is 18.5 Å². The Kier molecular flexibility index (Phi) is 6.17. The lowest BCUT2D eigenvalue weighted by atomic mass is 10.1. The monoisotopic (exact) mass is 336 g/mol. The maximum Gasteiger partial charge on any atom is 0.123 e. The highest BCUT2D eigenvalue weighted by Gasteiger charge is 2.03. The number of rotatable bonds is 6. The van der Waals surface area contributed by atoms with Crippen LogP contribution in [0.5, 0.6) is 11.5 Å². The lowest BCUT2D eigenvalue weighted by Gasteiger charge is -2.07. The number of hydrogen-bond donors (Lipinski definition) is 0. The molecule has 0 aliphatic carbocycles. The molecular weight excluding hydrogens is 319 g/mol. The molecule has 0 fully saturated rings. The molecule has 2 rings (SSSR count). The summed E-state index contributed by atoms with van der Waals surface area (Å²) in [7, 11) is 3.29. The first kappa shape index (κ1) is 16.7. The lowest BCUT2D eigenvalue weighted by molar-refractivity contribution is 0.411. The van der Waals surface area contributed by atoms with Gasteiger partial charge in [-0.15, -0.1) is 23.2 Å². The molecule has 0 aliphatic heterocycles. The van der Waals surface area contributed by atoms with Crippen LogP contribution in [0.2, 0.25) is 0 Å². The summed E-state index contributed by atoms with van der Waals surface area (Å²) in [5.74, 6) is 2.47. The van der Waals surface area contributed by atoms with E-state index in [0.717, 1.165) is 33.8 Å². The Morgan fingerprint density at radius 3 is 1.50 bits per heavy atom. The quantitative estimate of drug-likeness (QED) is 0.522. The van der Waals surface area contributed by atoms with Gasteiger partial charge in [-0.25, -0.2) is 0 Å². The van der Waals surface area contributed by atoms with Crippen molar-refractivity contribution < 1.29 is 9.47 Å². The Labute approximate surface area is 141 Å². The highest BCUT2D eigenvalue weighted by Crippen LogP contribution is 2.25. The third kappa shape index (κ3) is 3.96. The van der Waals surface area contributed by atoms with Crippen molar-refractivity contribution >= 4 is 35.4 Å². The summed E-state index contributed by atoms with van der Waals surface area (Å²) >= 11 is 11.8. The van der Waals surface area contributed by atoms with Gasteiger partial charge >= 0.3 is 0 Å². The van der Waals surface area contributed by atoms with E-state index in [4.69, 9.17) is 32.7 Å². The van der Waals surface area contributed by atoms with E-state index in [9.17, 15) is 0 Å². The summed E-state index contributed by atoms with van der Waals surface area (Å²) in [4.78, 5) is 0. The third-order valence-electron chi connectivity index (χ3n) is 3.38. The van der Waals surface area contributed by atoms with E-state index in [0.29, 0.717) is 11.8 Å². The van der Waals surface area contributed by atoms with Crippen molar-refractivity contribution in [3.63, 3.8) is 0 Å². The first-order valence-corrected chi connectivity index (χ1v) is 7.92. The van der Waals surface area contributed by atoms with E-state index >= 15 is 0 Å². The van der Waals surface area contributed by atoms with Gasteiger partial charge in [0.1, 0.15) is 11.5 Å². The molecule has 0 heterocycles. The van der Waals surface area contributed by atoms with Crippen molar-refractivity contribution in [1.82, 2.24) is 0 Å². The van der Waals surface area contributed by atoms with E-state index in [1.165, 1.54) is 0 Å². The summed E-state index contributed by atoms with van der Waals surface area (Å²) in [6.45, 7) is 0. The van der Waals surface area contributed by atoms with Gasteiger partial charge in [0.15, 0.2) is 0 Å². The van der Waals surface area contributed by atoms with Crippen LogP contribution in [0.4, 0.5) is 0 Å². The molecule has 2 aromatic rings. The molecule has 0 saturated heterocycles. The molecule has 0 unspecified atom stereocenters. The van der Waals surface area contributed by atoms with Gasteiger partial charge in [-0.05, 0) is 23.3 Å².